The molecular formula is C22H26N2OS. The smallest absolute Gasteiger partial charge is 0.0910 e. The summed E-state index contributed by atoms with van der Waals surface area (Å²) in [5.74, 6) is 0. The van der Waals surface area contributed by atoms with Gasteiger partial charge in [0.25, 0.3) is 0 Å². The van der Waals surface area contributed by atoms with Crippen LogP contribution in [-0.4, -0.2) is 24.0 Å². The molecule has 0 fully saturated rings. The molecule has 2 heterocycles. The van der Waals surface area contributed by atoms with Crippen LogP contribution in [0, 0.1) is 0 Å². The van der Waals surface area contributed by atoms with Crippen LogP contribution in [0.3, 0.4) is 0 Å². The van der Waals surface area contributed by atoms with E-state index in [2.05, 4.69) is 78.5 Å². The van der Waals surface area contributed by atoms with E-state index in [9.17, 15) is 0 Å². The maximum absolute atomic E-state index is 5.53. The fraction of sp³-hybridized carbons (Fsp3) is 0.318. The minimum absolute atomic E-state index is 0.180. The maximum Gasteiger partial charge on any atom is 0.0910 e. The summed E-state index contributed by atoms with van der Waals surface area (Å²) in [4.78, 5) is 9.44. The summed E-state index contributed by atoms with van der Waals surface area (Å²) in [5, 5.41) is 0. The summed E-state index contributed by atoms with van der Waals surface area (Å²) in [6.45, 7) is 3.97. The zero-order valence-electron chi connectivity index (χ0n) is 15.7. The lowest BCUT2D eigenvalue weighted by molar-refractivity contribution is 0.103. The van der Waals surface area contributed by atoms with E-state index in [0.29, 0.717) is 0 Å². The average Bonchev–Trinajstić information content (AvgIpc) is 3.14. The van der Waals surface area contributed by atoms with Crippen molar-refractivity contribution in [3.8, 4) is 10.6 Å². The van der Waals surface area contributed by atoms with E-state index >= 15 is 0 Å². The topological polar surface area (TPSA) is 25.4 Å². The highest BCUT2D eigenvalue weighted by atomic mass is 32.1. The van der Waals surface area contributed by atoms with E-state index < -0.39 is 0 Å². The van der Waals surface area contributed by atoms with Crippen molar-refractivity contribution in [2.45, 2.75) is 32.5 Å². The predicted octanol–water partition coefficient (Wildman–Crippen LogP) is 5.54. The number of pyridine rings is 1. The molecule has 1 aromatic carbocycles. The molecule has 1 unspecified atom stereocenters. The largest absolute Gasteiger partial charge is 0.376 e. The summed E-state index contributed by atoms with van der Waals surface area (Å²) in [5.41, 5.74) is 3.59. The fourth-order valence-electron chi connectivity index (χ4n) is 3.07. The molecule has 0 aliphatic carbocycles. The van der Waals surface area contributed by atoms with Gasteiger partial charge >= 0.3 is 0 Å². The Balaban J connectivity index is 1.63. The van der Waals surface area contributed by atoms with Crippen LogP contribution >= 0.6 is 11.3 Å². The second kappa shape index (κ2) is 9.08. The molecule has 0 saturated carbocycles. The second-order valence-corrected chi connectivity index (χ2v) is 7.66. The monoisotopic (exact) mass is 366 g/mol. The summed E-state index contributed by atoms with van der Waals surface area (Å²) >= 11 is 1.77. The van der Waals surface area contributed by atoms with Crippen LogP contribution in [-0.2, 0) is 17.8 Å². The Bertz CT molecular complexity index is 795. The first-order valence-electron chi connectivity index (χ1n) is 9.00. The molecule has 0 radical (unpaired) electrons. The molecule has 3 rings (SSSR count). The second-order valence-electron chi connectivity index (χ2n) is 6.54. The standard InChI is InChI=1S/C22H26N2OS/c1-4-20(25-3)22-13-12-21(26-22)19-11-10-18(14-23-19)16-24(2)15-17-8-6-5-7-9-17/h5-14,20H,4,15-16H2,1-3H3. The Hall–Kier alpha value is -2.01. The van der Waals surface area contributed by atoms with Crippen molar-refractivity contribution in [3.05, 3.63) is 76.8 Å². The molecule has 26 heavy (non-hydrogen) atoms. The highest BCUT2D eigenvalue weighted by Crippen LogP contribution is 2.33. The highest BCUT2D eigenvalue weighted by molar-refractivity contribution is 7.15. The molecule has 0 saturated heterocycles. The number of aromatic nitrogens is 1. The molecule has 0 N–H and O–H groups in total. The Morgan fingerprint density at radius 2 is 1.77 bits per heavy atom. The van der Waals surface area contributed by atoms with Gasteiger partial charge in [-0.25, -0.2) is 0 Å². The molecule has 3 aromatic rings. The number of benzene rings is 1. The van der Waals surface area contributed by atoms with Crippen LogP contribution < -0.4 is 0 Å². The van der Waals surface area contributed by atoms with Gasteiger partial charge in [0.15, 0.2) is 0 Å². The molecule has 3 nitrogen and oxygen atoms in total. The van der Waals surface area contributed by atoms with Gasteiger partial charge in [-0.1, -0.05) is 43.3 Å². The number of ether oxygens (including phenoxy) is 1. The zero-order valence-corrected chi connectivity index (χ0v) is 16.5. The lowest BCUT2D eigenvalue weighted by Gasteiger charge is -2.16. The lowest BCUT2D eigenvalue weighted by Crippen LogP contribution is -2.17. The van der Waals surface area contributed by atoms with E-state index in [4.69, 9.17) is 4.74 Å². The average molecular weight is 367 g/mol. The van der Waals surface area contributed by atoms with Gasteiger partial charge in [0.1, 0.15) is 0 Å². The summed E-state index contributed by atoms with van der Waals surface area (Å²) in [7, 11) is 3.91. The minimum atomic E-state index is 0.180. The van der Waals surface area contributed by atoms with Gasteiger partial charge < -0.3 is 4.74 Å². The quantitative estimate of drug-likeness (QED) is 0.523. The van der Waals surface area contributed by atoms with Crippen molar-refractivity contribution in [2.75, 3.05) is 14.2 Å². The van der Waals surface area contributed by atoms with E-state index in [1.165, 1.54) is 20.9 Å². The number of methoxy groups -OCH3 is 1. The Morgan fingerprint density at radius 3 is 2.42 bits per heavy atom. The summed E-state index contributed by atoms with van der Waals surface area (Å²) in [6.07, 6.45) is 3.15. The number of thiophene rings is 1. The normalized spacial score (nSPS) is 12.5. The molecule has 1 atom stereocenters. The van der Waals surface area contributed by atoms with Crippen LogP contribution in [0.4, 0.5) is 0 Å². The molecule has 4 heteroatoms. The van der Waals surface area contributed by atoms with Gasteiger partial charge in [-0.3, -0.25) is 9.88 Å². The number of rotatable bonds is 8. The third-order valence-electron chi connectivity index (χ3n) is 4.42. The third kappa shape index (κ3) is 4.79. The van der Waals surface area contributed by atoms with Gasteiger partial charge in [-0.05, 0) is 42.8 Å². The Morgan fingerprint density at radius 1 is 1.00 bits per heavy atom. The van der Waals surface area contributed by atoms with Crippen molar-refractivity contribution in [3.63, 3.8) is 0 Å². The van der Waals surface area contributed by atoms with Gasteiger partial charge in [0, 0.05) is 31.3 Å². The molecule has 0 bridgehead atoms. The molecule has 136 valence electrons. The van der Waals surface area contributed by atoms with Crippen LogP contribution in [0.25, 0.3) is 10.6 Å². The van der Waals surface area contributed by atoms with Gasteiger partial charge in [0.2, 0.25) is 0 Å². The van der Waals surface area contributed by atoms with Gasteiger partial charge in [0.05, 0.1) is 16.7 Å². The van der Waals surface area contributed by atoms with E-state index in [1.54, 1.807) is 18.4 Å². The predicted molar refractivity (Wildman–Crippen MR) is 109 cm³/mol. The van der Waals surface area contributed by atoms with Crippen LogP contribution in [0.15, 0.2) is 60.8 Å². The number of nitrogens with zero attached hydrogens (tertiary/aromatic N) is 2. The summed E-state index contributed by atoms with van der Waals surface area (Å²) in [6, 6.07) is 19.1. The van der Waals surface area contributed by atoms with Crippen molar-refractivity contribution < 1.29 is 4.74 Å². The minimum Gasteiger partial charge on any atom is -0.376 e. The van der Waals surface area contributed by atoms with Crippen molar-refractivity contribution in [1.82, 2.24) is 9.88 Å². The van der Waals surface area contributed by atoms with Gasteiger partial charge in [-0.2, -0.15) is 0 Å². The molecule has 0 spiro atoms. The van der Waals surface area contributed by atoms with Gasteiger partial charge in [-0.15, -0.1) is 11.3 Å². The molecule has 0 aliphatic heterocycles. The first-order valence-corrected chi connectivity index (χ1v) is 9.81. The first kappa shape index (κ1) is 18.8. The zero-order chi connectivity index (χ0) is 18.4. The van der Waals surface area contributed by atoms with Crippen molar-refractivity contribution >= 4 is 11.3 Å². The molecular weight excluding hydrogens is 340 g/mol. The van der Waals surface area contributed by atoms with Crippen LogP contribution in [0.2, 0.25) is 0 Å². The van der Waals surface area contributed by atoms with Crippen molar-refractivity contribution in [1.29, 1.82) is 0 Å². The molecule has 2 aromatic heterocycles. The summed E-state index contributed by atoms with van der Waals surface area (Å²) < 4.78 is 5.53. The SMILES string of the molecule is CCC(OC)c1ccc(-c2ccc(CN(C)Cc3ccccc3)cn2)s1. The third-order valence-corrected chi connectivity index (χ3v) is 5.62. The van der Waals surface area contributed by atoms with E-state index in [0.717, 1.165) is 25.2 Å². The first-order chi connectivity index (χ1) is 12.7. The number of hydrogen-bond acceptors (Lipinski definition) is 4. The Labute approximate surface area is 160 Å². The fourth-order valence-corrected chi connectivity index (χ4v) is 4.22. The molecule has 0 amide bonds. The lowest BCUT2D eigenvalue weighted by atomic mass is 10.2. The molecule has 0 aliphatic rings. The van der Waals surface area contributed by atoms with Crippen molar-refractivity contribution in [2.24, 2.45) is 0 Å². The van der Waals surface area contributed by atoms with E-state index in [-0.39, 0.29) is 6.10 Å². The Kier molecular flexibility index (Phi) is 6.56. The van der Waals surface area contributed by atoms with Crippen LogP contribution in [0.5, 0.6) is 0 Å². The van der Waals surface area contributed by atoms with E-state index in [1.807, 2.05) is 6.20 Å². The maximum atomic E-state index is 5.53. The highest BCUT2D eigenvalue weighted by Gasteiger charge is 2.12. The van der Waals surface area contributed by atoms with Crippen LogP contribution in [0.1, 0.15) is 35.5 Å². The number of hydrogen-bond donors (Lipinski definition) is 0.